The molecule has 4 nitrogen and oxygen atoms in total. The Morgan fingerprint density at radius 2 is 2.05 bits per heavy atom. The van der Waals surface area contributed by atoms with Crippen LogP contribution in [0.5, 0.6) is 0 Å². The fourth-order valence-electron chi connectivity index (χ4n) is 2.37. The summed E-state index contributed by atoms with van der Waals surface area (Å²) >= 11 is 11.8. The third-order valence-electron chi connectivity index (χ3n) is 3.49. The van der Waals surface area contributed by atoms with E-state index >= 15 is 0 Å². The lowest BCUT2D eigenvalue weighted by Gasteiger charge is -2.23. The van der Waals surface area contributed by atoms with Crippen LogP contribution in [0.4, 0.5) is 0 Å². The summed E-state index contributed by atoms with van der Waals surface area (Å²) in [6.45, 7) is 2.17. The van der Waals surface area contributed by atoms with Crippen molar-refractivity contribution in [3.05, 3.63) is 33.8 Å². The maximum absolute atomic E-state index is 12.4. The normalized spacial score (nSPS) is 22.6. The molecule has 2 rings (SSSR count). The van der Waals surface area contributed by atoms with Gasteiger partial charge in [0.2, 0.25) is 0 Å². The van der Waals surface area contributed by atoms with E-state index in [-0.39, 0.29) is 17.0 Å². The van der Waals surface area contributed by atoms with Gasteiger partial charge in [0, 0.05) is 17.6 Å². The highest BCUT2D eigenvalue weighted by atomic mass is 35.5. The minimum Gasteiger partial charge on any atom is -0.481 e. The van der Waals surface area contributed by atoms with Crippen LogP contribution < -0.4 is 0 Å². The smallest absolute Gasteiger partial charge is 0.308 e. The Bertz CT molecular complexity index is 533. The molecular weight excluding hydrogens is 289 g/mol. The van der Waals surface area contributed by atoms with Crippen molar-refractivity contribution in [3.8, 4) is 0 Å². The van der Waals surface area contributed by atoms with Gasteiger partial charge in [-0.25, -0.2) is 0 Å². The molecule has 1 heterocycles. The zero-order valence-corrected chi connectivity index (χ0v) is 11.8. The van der Waals surface area contributed by atoms with Gasteiger partial charge in [0.1, 0.15) is 0 Å². The Morgan fingerprint density at radius 1 is 1.37 bits per heavy atom. The van der Waals surface area contributed by atoms with Crippen LogP contribution in [-0.2, 0) is 4.79 Å². The first-order valence-electron chi connectivity index (χ1n) is 5.90. The molecule has 6 heteroatoms. The lowest BCUT2D eigenvalue weighted by atomic mass is 10.0. The Hall–Kier alpha value is -1.26. The summed E-state index contributed by atoms with van der Waals surface area (Å²) in [6.07, 6.45) is 0.466. The van der Waals surface area contributed by atoms with Crippen molar-refractivity contribution < 1.29 is 14.7 Å². The maximum Gasteiger partial charge on any atom is 0.308 e. The van der Waals surface area contributed by atoms with Crippen molar-refractivity contribution in [2.45, 2.75) is 19.4 Å². The summed E-state index contributed by atoms with van der Waals surface area (Å²) in [4.78, 5) is 25.0. The number of hydrogen-bond acceptors (Lipinski definition) is 2. The van der Waals surface area contributed by atoms with Crippen molar-refractivity contribution in [2.75, 3.05) is 6.54 Å². The quantitative estimate of drug-likeness (QED) is 0.914. The Kier molecular flexibility index (Phi) is 4.02. The molecular formula is C13H13Cl2NO3. The van der Waals surface area contributed by atoms with E-state index in [1.165, 1.54) is 6.07 Å². The summed E-state index contributed by atoms with van der Waals surface area (Å²) in [5.74, 6) is -1.64. The van der Waals surface area contributed by atoms with E-state index in [0.29, 0.717) is 23.6 Å². The van der Waals surface area contributed by atoms with E-state index in [1.807, 2.05) is 0 Å². The molecule has 1 fully saturated rings. The van der Waals surface area contributed by atoms with Crippen LogP contribution in [0, 0.1) is 5.92 Å². The average Bonchev–Trinajstić information content (AvgIpc) is 2.70. The molecule has 0 radical (unpaired) electrons. The van der Waals surface area contributed by atoms with Crippen LogP contribution in [0.25, 0.3) is 0 Å². The van der Waals surface area contributed by atoms with Gasteiger partial charge in [-0.2, -0.15) is 0 Å². The minimum atomic E-state index is -0.870. The van der Waals surface area contributed by atoms with E-state index < -0.39 is 11.9 Å². The first-order valence-corrected chi connectivity index (χ1v) is 6.66. The molecule has 0 aliphatic carbocycles. The van der Waals surface area contributed by atoms with E-state index in [1.54, 1.807) is 24.0 Å². The van der Waals surface area contributed by atoms with Gasteiger partial charge in [-0.1, -0.05) is 23.2 Å². The van der Waals surface area contributed by atoms with Gasteiger partial charge in [0.15, 0.2) is 0 Å². The number of aliphatic carboxylic acids is 1. The number of carboxylic acid groups (broad SMARTS) is 1. The number of benzene rings is 1. The topological polar surface area (TPSA) is 57.6 Å². The highest BCUT2D eigenvalue weighted by Crippen LogP contribution is 2.29. The standard InChI is InChI=1S/C13H13Cl2NO3/c1-7-9(13(18)19)4-5-16(7)12(17)10-3-2-8(14)6-11(10)15/h2-3,6-7,9H,4-5H2,1H3,(H,18,19). The summed E-state index contributed by atoms with van der Waals surface area (Å²) in [5.41, 5.74) is 0.351. The van der Waals surface area contributed by atoms with Crippen molar-refractivity contribution in [2.24, 2.45) is 5.92 Å². The summed E-state index contributed by atoms with van der Waals surface area (Å²) in [5, 5.41) is 9.80. The fraction of sp³-hybridized carbons (Fsp3) is 0.385. The maximum atomic E-state index is 12.4. The second-order valence-electron chi connectivity index (χ2n) is 4.60. The van der Waals surface area contributed by atoms with E-state index in [4.69, 9.17) is 28.3 Å². The highest BCUT2D eigenvalue weighted by Gasteiger charge is 2.38. The molecule has 0 spiro atoms. The largest absolute Gasteiger partial charge is 0.481 e. The molecule has 1 aromatic carbocycles. The van der Waals surface area contributed by atoms with Crippen LogP contribution in [-0.4, -0.2) is 34.5 Å². The molecule has 1 N–H and O–H groups in total. The van der Waals surface area contributed by atoms with Crippen molar-refractivity contribution >= 4 is 35.1 Å². The summed E-state index contributed by atoms with van der Waals surface area (Å²) in [6, 6.07) is 4.33. The van der Waals surface area contributed by atoms with Gasteiger partial charge >= 0.3 is 5.97 Å². The molecule has 0 bridgehead atoms. The third kappa shape index (κ3) is 2.69. The number of carbonyl (C=O) groups excluding carboxylic acids is 1. The van der Waals surface area contributed by atoms with Crippen LogP contribution >= 0.6 is 23.2 Å². The number of amides is 1. The molecule has 2 atom stereocenters. The van der Waals surface area contributed by atoms with Gasteiger partial charge in [0.05, 0.1) is 16.5 Å². The molecule has 19 heavy (non-hydrogen) atoms. The van der Waals surface area contributed by atoms with Gasteiger partial charge < -0.3 is 10.0 Å². The number of hydrogen-bond donors (Lipinski definition) is 1. The van der Waals surface area contributed by atoms with Gasteiger partial charge in [-0.15, -0.1) is 0 Å². The average molecular weight is 302 g/mol. The Balaban J connectivity index is 2.23. The molecule has 1 amide bonds. The number of halogens is 2. The molecule has 0 aromatic heterocycles. The number of likely N-dealkylation sites (tertiary alicyclic amines) is 1. The van der Waals surface area contributed by atoms with E-state index in [9.17, 15) is 9.59 Å². The van der Waals surface area contributed by atoms with Crippen molar-refractivity contribution in [1.29, 1.82) is 0 Å². The number of carboxylic acids is 1. The molecule has 2 unspecified atom stereocenters. The van der Waals surface area contributed by atoms with Crippen molar-refractivity contribution in [3.63, 3.8) is 0 Å². The van der Waals surface area contributed by atoms with E-state index in [2.05, 4.69) is 0 Å². The molecule has 1 aliphatic rings. The summed E-state index contributed by atoms with van der Waals surface area (Å²) in [7, 11) is 0. The lowest BCUT2D eigenvalue weighted by molar-refractivity contribution is -0.142. The van der Waals surface area contributed by atoms with Gasteiger partial charge in [0.25, 0.3) is 5.91 Å². The lowest BCUT2D eigenvalue weighted by Crippen LogP contribution is -2.37. The first-order chi connectivity index (χ1) is 8.91. The third-order valence-corrected chi connectivity index (χ3v) is 4.04. The van der Waals surface area contributed by atoms with E-state index in [0.717, 1.165) is 0 Å². The molecule has 1 aromatic rings. The summed E-state index contributed by atoms with van der Waals surface area (Å²) < 4.78 is 0. The van der Waals surface area contributed by atoms with Crippen LogP contribution in [0.2, 0.25) is 10.0 Å². The van der Waals surface area contributed by atoms with Crippen LogP contribution in [0.3, 0.4) is 0 Å². The molecule has 102 valence electrons. The molecule has 1 saturated heterocycles. The van der Waals surface area contributed by atoms with Crippen LogP contribution in [0.1, 0.15) is 23.7 Å². The fourth-order valence-corrected chi connectivity index (χ4v) is 2.86. The second kappa shape index (κ2) is 5.39. The zero-order chi connectivity index (χ0) is 14.2. The predicted molar refractivity (Wildman–Crippen MR) is 72.7 cm³/mol. The number of rotatable bonds is 2. The first kappa shape index (κ1) is 14.2. The SMILES string of the molecule is CC1C(C(=O)O)CCN1C(=O)c1ccc(Cl)cc1Cl. The second-order valence-corrected chi connectivity index (χ2v) is 5.44. The van der Waals surface area contributed by atoms with Crippen LogP contribution in [0.15, 0.2) is 18.2 Å². The Labute approximate surface area is 120 Å². The minimum absolute atomic E-state index is 0.252. The Morgan fingerprint density at radius 3 is 2.58 bits per heavy atom. The van der Waals surface area contributed by atoms with Gasteiger partial charge in [-0.05, 0) is 31.5 Å². The van der Waals surface area contributed by atoms with Gasteiger partial charge in [-0.3, -0.25) is 9.59 Å². The molecule has 0 saturated carbocycles. The highest BCUT2D eigenvalue weighted by molar-refractivity contribution is 6.36. The predicted octanol–water partition coefficient (Wildman–Crippen LogP) is 2.93. The van der Waals surface area contributed by atoms with Crippen molar-refractivity contribution in [1.82, 2.24) is 4.90 Å². The zero-order valence-electron chi connectivity index (χ0n) is 10.3. The number of carbonyl (C=O) groups is 2. The molecule has 1 aliphatic heterocycles. The monoisotopic (exact) mass is 301 g/mol. The number of nitrogens with zero attached hydrogens (tertiary/aromatic N) is 1.